The van der Waals surface area contributed by atoms with E-state index in [-0.39, 0.29) is 0 Å². The molecule has 2 aromatic heterocycles. The van der Waals surface area contributed by atoms with Crippen molar-refractivity contribution in [1.82, 2.24) is 20.2 Å². The first-order valence-corrected chi connectivity index (χ1v) is 9.95. The summed E-state index contributed by atoms with van der Waals surface area (Å²) in [4.78, 5) is 12.6. The molecule has 0 aliphatic carbocycles. The first-order valence-electron chi connectivity index (χ1n) is 9.95. The minimum absolute atomic E-state index is 0.461. The molecule has 1 fully saturated rings. The molecule has 0 radical (unpaired) electrons. The molecule has 8 nitrogen and oxygen atoms in total. The van der Waals surface area contributed by atoms with E-state index in [0.717, 1.165) is 71.8 Å². The first kappa shape index (κ1) is 19.0. The van der Waals surface area contributed by atoms with E-state index in [1.165, 1.54) is 6.21 Å². The Hall–Kier alpha value is -3.31. The molecule has 0 spiro atoms. The number of aromatic nitrogens is 2. The van der Waals surface area contributed by atoms with Gasteiger partial charge < -0.3 is 30.8 Å². The second-order valence-electron chi connectivity index (χ2n) is 7.25. The molecule has 0 amide bonds. The van der Waals surface area contributed by atoms with Crippen molar-refractivity contribution >= 4 is 34.7 Å². The van der Waals surface area contributed by atoms with Gasteiger partial charge in [0.15, 0.2) is 5.69 Å². The molecule has 2 aromatic rings. The van der Waals surface area contributed by atoms with Crippen LogP contribution in [0.1, 0.15) is 18.2 Å². The SMILES string of the molecule is CCN1CCN(c2c(C#N)ncc3[nH]c4c(c23)C=C(/C(C=N)=C/NC)CN4)CC1. The van der Waals surface area contributed by atoms with Crippen molar-refractivity contribution in [3.8, 4) is 6.07 Å². The van der Waals surface area contributed by atoms with Crippen molar-refractivity contribution < 1.29 is 0 Å². The fourth-order valence-electron chi connectivity index (χ4n) is 4.13. The molecule has 0 unspecified atom stereocenters. The van der Waals surface area contributed by atoms with Crippen LogP contribution in [0.4, 0.5) is 11.5 Å². The molecule has 1 saturated heterocycles. The number of rotatable bonds is 5. The van der Waals surface area contributed by atoms with Crippen LogP contribution >= 0.6 is 0 Å². The Labute approximate surface area is 170 Å². The molecule has 0 bridgehead atoms. The lowest BCUT2D eigenvalue weighted by Gasteiger charge is -2.36. The molecule has 4 rings (SSSR count). The average molecular weight is 390 g/mol. The number of hydrogen-bond donors (Lipinski definition) is 4. The zero-order valence-electron chi connectivity index (χ0n) is 16.8. The highest BCUT2D eigenvalue weighted by Crippen LogP contribution is 2.39. The predicted molar refractivity (Wildman–Crippen MR) is 118 cm³/mol. The van der Waals surface area contributed by atoms with Crippen molar-refractivity contribution in [3.63, 3.8) is 0 Å². The number of nitriles is 1. The fraction of sp³-hybridized carbons (Fsp3) is 0.381. The zero-order valence-corrected chi connectivity index (χ0v) is 16.8. The summed E-state index contributed by atoms with van der Waals surface area (Å²) < 4.78 is 0. The second-order valence-corrected chi connectivity index (χ2v) is 7.25. The number of nitrogens with one attached hydrogen (secondary N) is 4. The van der Waals surface area contributed by atoms with Gasteiger partial charge in [0.2, 0.25) is 0 Å². The van der Waals surface area contributed by atoms with Crippen molar-refractivity contribution in [3.05, 3.63) is 34.8 Å². The fourth-order valence-corrected chi connectivity index (χ4v) is 4.13. The summed E-state index contributed by atoms with van der Waals surface area (Å²) in [7, 11) is 1.83. The highest BCUT2D eigenvalue weighted by atomic mass is 15.3. The highest BCUT2D eigenvalue weighted by molar-refractivity contribution is 6.06. The van der Waals surface area contributed by atoms with E-state index in [0.29, 0.717) is 12.2 Å². The molecular weight excluding hydrogens is 364 g/mol. The van der Waals surface area contributed by atoms with Gasteiger partial charge >= 0.3 is 0 Å². The average Bonchev–Trinajstić information content (AvgIpc) is 3.14. The molecular formula is C21H26N8. The first-order chi connectivity index (χ1) is 14.2. The molecule has 150 valence electrons. The number of fused-ring (bicyclic) bond motifs is 3. The summed E-state index contributed by atoms with van der Waals surface area (Å²) in [6, 6.07) is 2.29. The van der Waals surface area contributed by atoms with Gasteiger partial charge in [-0.1, -0.05) is 6.92 Å². The lowest BCUT2D eigenvalue weighted by molar-refractivity contribution is 0.271. The maximum Gasteiger partial charge on any atom is 0.164 e. The van der Waals surface area contributed by atoms with E-state index >= 15 is 0 Å². The lowest BCUT2D eigenvalue weighted by atomic mass is 9.99. The van der Waals surface area contributed by atoms with E-state index in [2.05, 4.69) is 49.5 Å². The van der Waals surface area contributed by atoms with E-state index in [9.17, 15) is 5.26 Å². The van der Waals surface area contributed by atoms with Crippen LogP contribution in [-0.4, -0.2) is 67.4 Å². The zero-order chi connectivity index (χ0) is 20.4. The number of piperazine rings is 1. The largest absolute Gasteiger partial charge is 0.393 e. The van der Waals surface area contributed by atoms with Crippen LogP contribution in [0, 0.1) is 16.7 Å². The molecule has 29 heavy (non-hydrogen) atoms. The molecule has 4 heterocycles. The van der Waals surface area contributed by atoms with Crippen LogP contribution in [0.5, 0.6) is 0 Å². The number of H-pyrrole nitrogens is 1. The summed E-state index contributed by atoms with van der Waals surface area (Å²) in [5.41, 5.74) is 5.17. The molecule has 4 N–H and O–H groups in total. The third-order valence-corrected chi connectivity index (χ3v) is 5.69. The quantitative estimate of drug-likeness (QED) is 0.583. The van der Waals surface area contributed by atoms with Gasteiger partial charge in [0.25, 0.3) is 0 Å². The predicted octanol–water partition coefficient (Wildman–Crippen LogP) is 2.14. The minimum atomic E-state index is 0.461. The Morgan fingerprint density at radius 3 is 2.83 bits per heavy atom. The van der Waals surface area contributed by atoms with Gasteiger partial charge in [-0.05, 0) is 18.2 Å². The van der Waals surface area contributed by atoms with Crippen molar-refractivity contribution in [1.29, 1.82) is 10.7 Å². The van der Waals surface area contributed by atoms with E-state index in [1.807, 2.05) is 13.2 Å². The van der Waals surface area contributed by atoms with Crippen molar-refractivity contribution in [2.75, 3.05) is 56.5 Å². The third kappa shape index (κ3) is 3.34. The molecule has 0 aromatic carbocycles. The van der Waals surface area contributed by atoms with Gasteiger partial charge in [0.05, 0.1) is 17.4 Å². The van der Waals surface area contributed by atoms with Gasteiger partial charge in [-0.25, -0.2) is 4.98 Å². The van der Waals surface area contributed by atoms with Crippen LogP contribution in [0.15, 0.2) is 23.5 Å². The van der Waals surface area contributed by atoms with Crippen LogP contribution in [-0.2, 0) is 0 Å². The summed E-state index contributed by atoms with van der Waals surface area (Å²) in [6.45, 7) is 7.56. The molecule has 8 heteroatoms. The van der Waals surface area contributed by atoms with Gasteiger partial charge in [-0.2, -0.15) is 5.26 Å². The summed E-state index contributed by atoms with van der Waals surface area (Å²) in [5, 5.41) is 25.0. The Morgan fingerprint density at radius 2 is 2.17 bits per heavy atom. The summed E-state index contributed by atoms with van der Waals surface area (Å²) in [6.07, 6.45) is 7.05. The Balaban J connectivity index is 1.86. The number of pyridine rings is 1. The third-order valence-electron chi connectivity index (χ3n) is 5.69. The molecule has 2 aliphatic heterocycles. The van der Waals surface area contributed by atoms with Crippen LogP contribution in [0.25, 0.3) is 17.0 Å². The monoisotopic (exact) mass is 390 g/mol. The maximum absolute atomic E-state index is 9.76. The van der Waals surface area contributed by atoms with Gasteiger partial charge in [-0.15, -0.1) is 0 Å². The number of aromatic amines is 1. The molecule has 0 saturated carbocycles. The van der Waals surface area contributed by atoms with Crippen molar-refractivity contribution in [2.45, 2.75) is 6.92 Å². The normalized spacial score (nSPS) is 17.3. The molecule has 2 aliphatic rings. The van der Waals surface area contributed by atoms with Crippen molar-refractivity contribution in [2.24, 2.45) is 0 Å². The topological polar surface area (TPSA) is 107 Å². The van der Waals surface area contributed by atoms with Gasteiger partial charge in [-0.3, -0.25) is 0 Å². The van der Waals surface area contributed by atoms with Crippen LogP contribution < -0.4 is 15.5 Å². The smallest absolute Gasteiger partial charge is 0.164 e. The Kier molecular flexibility index (Phi) is 5.23. The van der Waals surface area contributed by atoms with Gasteiger partial charge in [0, 0.05) is 68.7 Å². The molecule has 0 atom stereocenters. The van der Waals surface area contributed by atoms with Crippen LogP contribution in [0.2, 0.25) is 0 Å². The van der Waals surface area contributed by atoms with Crippen LogP contribution in [0.3, 0.4) is 0 Å². The second kappa shape index (κ2) is 7.97. The maximum atomic E-state index is 9.76. The van der Waals surface area contributed by atoms with E-state index in [4.69, 9.17) is 5.41 Å². The minimum Gasteiger partial charge on any atom is -0.393 e. The number of hydrogen-bond acceptors (Lipinski definition) is 7. The standard InChI is InChI=1S/C21H26N8/c1-3-28-4-6-29(7-5-28)20-17(10-23)25-13-18-19(20)16-8-14(12-26-21(16)27-18)15(9-22)11-24-2/h8-9,11,13,22,24,26-27H,3-7,12H2,1-2H3/b15-11+,22-9?. The van der Waals surface area contributed by atoms with Gasteiger partial charge in [0.1, 0.15) is 11.9 Å². The lowest BCUT2D eigenvalue weighted by Crippen LogP contribution is -2.46. The highest BCUT2D eigenvalue weighted by Gasteiger charge is 2.26. The van der Waals surface area contributed by atoms with E-state index < -0.39 is 0 Å². The summed E-state index contributed by atoms with van der Waals surface area (Å²) in [5.74, 6) is 0.933. The number of likely N-dealkylation sites (N-methyl/N-ethyl adjacent to an activating group) is 1. The van der Waals surface area contributed by atoms with E-state index in [1.54, 1.807) is 6.20 Å². The Bertz CT molecular complexity index is 1030. The Morgan fingerprint density at radius 1 is 1.38 bits per heavy atom. The number of anilines is 2. The number of nitrogens with zero attached hydrogens (tertiary/aromatic N) is 4. The summed E-state index contributed by atoms with van der Waals surface area (Å²) >= 11 is 0.